The van der Waals surface area contributed by atoms with Gasteiger partial charge in [-0.3, -0.25) is 0 Å². The van der Waals surface area contributed by atoms with Gasteiger partial charge in [-0.25, -0.2) is 0 Å². The summed E-state index contributed by atoms with van der Waals surface area (Å²) in [7, 11) is 5.39. The molecule has 0 atom stereocenters. The van der Waals surface area contributed by atoms with Crippen LogP contribution in [0.3, 0.4) is 0 Å². The van der Waals surface area contributed by atoms with E-state index in [1.165, 1.54) is 11.3 Å². The second kappa shape index (κ2) is 4.01. The van der Waals surface area contributed by atoms with Gasteiger partial charge in [0, 0.05) is 20.2 Å². The molecule has 0 fully saturated rings. The van der Waals surface area contributed by atoms with Gasteiger partial charge in [-0.05, 0) is 0 Å². The van der Waals surface area contributed by atoms with Gasteiger partial charge in [0.25, 0.3) is 0 Å². The molecule has 2 N–H and O–H groups in total. The first-order chi connectivity index (χ1) is 7.61. The van der Waals surface area contributed by atoms with Crippen molar-refractivity contribution in [3.63, 3.8) is 0 Å². The van der Waals surface area contributed by atoms with Gasteiger partial charge in [0.05, 0.1) is 7.11 Å². The second-order valence-corrected chi connectivity index (χ2v) is 4.32. The first kappa shape index (κ1) is 10.7. The molecule has 86 valence electrons. The summed E-state index contributed by atoms with van der Waals surface area (Å²) in [5, 5.41) is 4.47. The van der Waals surface area contributed by atoms with Crippen LogP contribution >= 0.6 is 11.3 Å². The number of anilines is 2. The van der Waals surface area contributed by atoms with Crippen LogP contribution in [0.1, 0.15) is 0 Å². The predicted octanol–water partition coefficient (Wildman–Crippen LogP) is 1.45. The van der Waals surface area contributed by atoms with E-state index in [-0.39, 0.29) is 0 Å². The third-order valence-corrected chi connectivity index (χ3v) is 3.13. The average molecular weight is 240 g/mol. The topological polar surface area (TPSA) is 77.4 Å². The van der Waals surface area contributed by atoms with Gasteiger partial charge in [-0.1, -0.05) is 16.5 Å². The Morgan fingerprint density at radius 2 is 2.25 bits per heavy atom. The van der Waals surface area contributed by atoms with Crippen LogP contribution in [0.2, 0.25) is 0 Å². The molecule has 0 aliphatic heterocycles. The zero-order valence-corrected chi connectivity index (χ0v) is 10.0. The summed E-state index contributed by atoms with van der Waals surface area (Å²) in [4.78, 5) is 6.99. The number of methoxy groups -OCH3 is 1. The Hall–Kier alpha value is -1.76. The summed E-state index contributed by atoms with van der Waals surface area (Å²) in [6.45, 7) is 0. The van der Waals surface area contributed by atoms with Crippen LogP contribution in [0, 0.1) is 0 Å². The Morgan fingerprint density at radius 1 is 1.50 bits per heavy atom. The van der Waals surface area contributed by atoms with Crippen molar-refractivity contribution >= 4 is 22.3 Å². The van der Waals surface area contributed by atoms with E-state index in [1.807, 2.05) is 19.0 Å². The van der Waals surface area contributed by atoms with E-state index in [1.54, 1.807) is 13.2 Å². The highest BCUT2D eigenvalue weighted by Gasteiger charge is 2.18. The Balaban J connectivity index is 2.47. The van der Waals surface area contributed by atoms with E-state index in [0.29, 0.717) is 17.5 Å². The standard InChI is InChI=1S/C9H12N4O2S/c1-13(2)9-11-8(14-3)7(16-9)5-4-6(10)12-15-5/h4H,1-3H3,(H2,10,12). The minimum Gasteiger partial charge on any atom is -0.480 e. The largest absolute Gasteiger partial charge is 0.480 e. The predicted molar refractivity (Wildman–Crippen MR) is 62.9 cm³/mol. The molecule has 2 aromatic rings. The molecule has 0 aliphatic rings. The third-order valence-electron chi connectivity index (χ3n) is 1.91. The molecule has 0 saturated heterocycles. The molecule has 0 aromatic carbocycles. The quantitative estimate of drug-likeness (QED) is 0.875. The van der Waals surface area contributed by atoms with Crippen molar-refractivity contribution < 1.29 is 9.26 Å². The highest BCUT2D eigenvalue weighted by atomic mass is 32.1. The van der Waals surface area contributed by atoms with Crippen molar-refractivity contribution in [1.82, 2.24) is 10.1 Å². The fraction of sp³-hybridized carbons (Fsp3) is 0.333. The van der Waals surface area contributed by atoms with Crippen LogP contribution in [0.25, 0.3) is 10.6 Å². The van der Waals surface area contributed by atoms with Crippen LogP contribution in [-0.4, -0.2) is 31.3 Å². The minimum atomic E-state index is 0.344. The summed E-state index contributed by atoms with van der Waals surface area (Å²) < 4.78 is 10.3. The van der Waals surface area contributed by atoms with Crippen LogP contribution in [-0.2, 0) is 0 Å². The number of nitrogens with zero attached hydrogens (tertiary/aromatic N) is 3. The zero-order valence-electron chi connectivity index (χ0n) is 9.22. The summed E-state index contributed by atoms with van der Waals surface area (Å²) in [5.74, 6) is 1.43. The van der Waals surface area contributed by atoms with E-state index in [0.717, 1.165) is 10.0 Å². The minimum absolute atomic E-state index is 0.344. The molecule has 0 bridgehead atoms. The van der Waals surface area contributed by atoms with Crippen LogP contribution in [0.15, 0.2) is 10.6 Å². The Morgan fingerprint density at radius 3 is 2.75 bits per heavy atom. The van der Waals surface area contributed by atoms with Crippen LogP contribution < -0.4 is 15.4 Å². The van der Waals surface area contributed by atoms with Crippen molar-refractivity contribution in [3.8, 4) is 16.5 Å². The summed E-state index contributed by atoms with van der Waals surface area (Å²) in [6.07, 6.45) is 0. The number of hydrogen-bond acceptors (Lipinski definition) is 7. The molecular weight excluding hydrogens is 228 g/mol. The molecule has 2 aromatic heterocycles. The highest BCUT2D eigenvalue weighted by Crippen LogP contribution is 2.39. The van der Waals surface area contributed by atoms with Crippen molar-refractivity contribution in [1.29, 1.82) is 0 Å². The fourth-order valence-electron chi connectivity index (χ4n) is 1.18. The number of nitrogens with two attached hydrogens (primary N) is 1. The monoisotopic (exact) mass is 240 g/mol. The van der Waals surface area contributed by atoms with E-state index in [2.05, 4.69) is 10.1 Å². The van der Waals surface area contributed by atoms with Gasteiger partial charge in [0.15, 0.2) is 16.7 Å². The smallest absolute Gasteiger partial charge is 0.237 e. The third kappa shape index (κ3) is 1.81. The Labute approximate surface area is 96.6 Å². The molecule has 6 nitrogen and oxygen atoms in total. The van der Waals surface area contributed by atoms with Crippen molar-refractivity contribution in [2.75, 3.05) is 31.8 Å². The first-order valence-electron chi connectivity index (χ1n) is 4.56. The number of hydrogen-bond donors (Lipinski definition) is 1. The SMILES string of the molecule is COc1nc(N(C)C)sc1-c1cc(N)no1. The normalized spacial score (nSPS) is 10.4. The lowest BCUT2D eigenvalue weighted by molar-refractivity contribution is 0.396. The number of ether oxygens (including phenoxy) is 1. The van der Waals surface area contributed by atoms with Crippen molar-refractivity contribution in [3.05, 3.63) is 6.07 Å². The molecule has 7 heteroatoms. The molecule has 0 radical (unpaired) electrons. The van der Waals surface area contributed by atoms with Gasteiger partial charge in [-0.2, -0.15) is 4.98 Å². The lowest BCUT2D eigenvalue weighted by Crippen LogP contribution is -2.07. The van der Waals surface area contributed by atoms with E-state index < -0.39 is 0 Å². The Kier molecular flexibility index (Phi) is 2.69. The maximum atomic E-state index is 5.50. The van der Waals surface area contributed by atoms with E-state index >= 15 is 0 Å². The lowest BCUT2D eigenvalue weighted by atomic mass is 10.4. The van der Waals surface area contributed by atoms with Gasteiger partial charge >= 0.3 is 0 Å². The molecule has 2 heterocycles. The maximum Gasteiger partial charge on any atom is 0.237 e. The first-order valence-corrected chi connectivity index (χ1v) is 5.38. The van der Waals surface area contributed by atoms with Crippen molar-refractivity contribution in [2.45, 2.75) is 0 Å². The number of rotatable bonds is 3. The number of nitrogen functional groups attached to an aromatic ring is 1. The molecular formula is C9H12N4O2S. The van der Waals surface area contributed by atoms with E-state index in [9.17, 15) is 0 Å². The molecule has 0 unspecified atom stereocenters. The summed E-state index contributed by atoms with van der Waals surface area (Å²) in [6, 6.07) is 1.65. The Bertz CT molecular complexity index is 491. The van der Waals surface area contributed by atoms with Crippen LogP contribution in [0.4, 0.5) is 10.9 Å². The molecule has 2 rings (SSSR count). The van der Waals surface area contributed by atoms with Crippen LogP contribution in [0.5, 0.6) is 5.88 Å². The average Bonchev–Trinajstić information content (AvgIpc) is 2.82. The molecule has 16 heavy (non-hydrogen) atoms. The van der Waals surface area contributed by atoms with Crippen molar-refractivity contribution in [2.24, 2.45) is 0 Å². The highest BCUT2D eigenvalue weighted by molar-refractivity contribution is 7.19. The van der Waals surface area contributed by atoms with Gasteiger partial charge in [0.1, 0.15) is 4.88 Å². The molecule has 0 spiro atoms. The number of aromatic nitrogens is 2. The zero-order chi connectivity index (χ0) is 11.7. The fourth-order valence-corrected chi connectivity index (χ4v) is 2.08. The lowest BCUT2D eigenvalue weighted by Gasteiger charge is -2.04. The summed E-state index contributed by atoms with van der Waals surface area (Å²) >= 11 is 1.46. The molecule has 0 amide bonds. The number of thiazole rings is 1. The maximum absolute atomic E-state index is 5.50. The molecule has 0 saturated carbocycles. The van der Waals surface area contributed by atoms with Gasteiger partial charge in [0.2, 0.25) is 5.88 Å². The van der Waals surface area contributed by atoms with Gasteiger partial charge < -0.3 is 19.9 Å². The summed E-state index contributed by atoms with van der Waals surface area (Å²) in [5.41, 5.74) is 5.50. The molecule has 0 aliphatic carbocycles. The second-order valence-electron chi connectivity index (χ2n) is 3.35. The van der Waals surface area contributed by atoms with Gasteiger partial charge in [-0.15, -0.1) is 0 Å². The van der Waals surface area contributed by atoms with E-state index in [4.69, 9.17) is 15.0 Å².